The van der Waals surface area contributed by atoms with Crippen molar-refractivity contribution in [3.05, 3.63) is 41.9 Å². The lowest BCUT2D eigenvalue weighted by molar-refractivity contribution is 0.707. The minimum Gasteiger partial charge on any atom is -0.398 e. The number of hydrogen-bond donors (Lipinski definition) is 1. The van der Waals surface area contributed by atoms with Gasteiger partial charge in [-0.25, -0.2) is 9.97 Å². The highest BCUT2D eigenvalue weighted by Gasteiger charge is 2.15. The van der Waals surface area contributed by atoms with E-state index in [0.717, 1.165) is 28.5 Å². The normalized spacial score (nSPS) is 14.7. The molecule has 1 aromatic heterocycles. The van der Waals surface area contributed by atoms with Crippen molar-refractivity contribution < 1.29 is 0 Å². The Morgan fingerprint density at radius 1 is 1.00 bits per heavy atom. The van der Waals surface area contributed by atoms with Crippen LogP contribution in [0.2, 0.25) is 0 Å². The number of rotatable bonds is 2. The van der Waals surface area contributed by atoms with Crippen molar-refractivity contribution in [3.63, 3.8) is 0 Å². The van der Waals surface area contributed by atoms with Crippen LogP contribution in [-0.2, 0) is 12.8 Å². The summed E-state index contributed by atoms with van der Waals surface area (Å²) in [5.41, 5.74) is 9.38. The fraction of sp³-hybridized carbons (Fsp3) is 0.333. The van der Waals surface area contributed by atoms with Gasteiger partial charge in [-0.2, -0.15) is 0 Å². The first-order valence-electron chi connectivity index (χ1n) is 6.69. The average Bonchev–Trinajstić information content (AvgIpc) is 2.67. The van der Waals surface area contributed by atoms with E-state index in [1.165, 1.54) is 30.5 Å². The Hall–Kier alpha value is -1.55. The first kappa shape index (κ1) is 12.5. The minimum atomic E-state index is 0.813. The fourth-order valence-electron chi connectivity index (χ4n) is 2.43. The molecule has 2 aromatic rings. The second kappa shape index (κ2) is 5.61. The number of benzene rings is 1. The van der Waals surface area contributed by atoms with Gasteiger partial charge in [-0.15, -0.1) is 0 Å². The third-order valence-corrected chi connectivity index (χ3v) is 4.60. The van der Waals surface area contributed by atoms with E-state index in [9.17, 15) is 0 Å². The number of nitrogens with zero attached hydrogens (tertiary/aromatic N) is 2. The standard InChI is InChI=1S/C15H17N3S/c16-12-7-4-5-9-14(12)19-15-11-6-2-1-3-8-13(11)17-10-18-15/h4-5,7,9-10H,1-3,6,8,16H2. The maximum atomic E-state index is 6.01. The smallest absolute Gasteiger partial charge is 0.117 e. The molecule has 0 atom stereocenters. The Balaban J connectivity index is 1.95. The summed E-state index contributed by atoms with van der Waals surface area (Å²) in [6.45, 7) is 0. The van der Waals surface area contributed by atoms with E-state index in [0.29, 0.717) is 0 Å². The number of nitrogen functional groups attached to an aromatic ring is 1. The van der Waals surface area contributed by atoms with E-state index in [1.807, 2.05) is 24.3 Å². The highest BCUT2D eigenvalue weighted by molar-refractivity contribution is 7.99. The molecule has 0 radical (unpaired) electrons. The van der Waals surface area contributed by atoms with Gasteiger partial charge in [-0.05, 0) is 37.8 Å². The lowest BCUT2D eigenvalue weighted by Crippen LogP contribution is -2.00. The number of anilines is 1. The molecule has 0 saturated carbocycles. The molecule has 0 bridgehead atoms. The maximum Gasteiger partial charge on any atom is 0.117 e. The topological polar surface area (TPSA) is 51.8 Å². The fourth-order valence-corrected chi connectivity index (χ4v) is 3.42. The van der Waals surface area contributed by atoms with Crippen LogP contribution >= 0.6 is 11.8 Å². The Morgan fingerprint density at radius 3 is 2.74 bits per heavy atom. The predicted octanol–water partition coefficient (Wildman–Crippen LogP) is 3.48. The van der Waals surface area contributed by atoms with Gasteiger partial charge in [0.05, 0.1) is 0 Å². The van der Waals surface area contributed by atoms with Crippen molar-refractivity contribution in [3.8, 4) is 0 Å². The van der Waals surface area contributed by atoms with Gasteiger partial charge in [-0.3, -0.25) is 0 Å². The zero-order chi connectivity index (χ0) is 13.1. The predicted molar refractivity (Wildman–Crippen MR) is 78.3 cm³/mol. The molecule has 0 saturated heterocycles. The second-order valence-corrected chi connectivity index (χ2v) is 5.84. The quantitative estimate of drug-likeness (QED) is 0.516. The van der Waals surface area contributed by atoms with E-state index in [2.05, 4.69) is 9.97 Å². The van der Waals surface area contributed by atoms with E-state index < -0.39 is 0 Å². The summed E-state index contributed by atoms with van der Waals surface area (Å²) in [6, 6.07) is 7.95. The molecule has 98 valence electrons. The van der Waals surface area contributed by atoms with Crippen LogP contribution in [0, 0.1) is 0 Å². The van der Waals surface area contributed by atoms with Crippen molar-refractivity contribution in [2.45, 2.75) is 42.0 Å². The molecule has 19 heavy (non-hydrogen) atoms. The van der Waals surface area contributed by atoms with Crippen molar-refractivity contribution in [1.29, 1.82) is 0 Å². The summed E-state index contributed by atoms with van der Waals surface area (Å²) in [4.78, 5) is 9.99. The molecule has 3 nitrogen and oxygen atoms in total. The molecule has 1 aliphatic rings. The van der Waals surface area contributed by atoms with Crippen LogP contribution in [0.25, 0.3) is 0 Å². The first-order chi connectivity index (χ1) is 9.34. The Bertz CT molecular complexity index is 583. The van der Waals surface area contributed by atoms with Gasteiger partial charge < -0.3 is 5.73 Å². The number of fused-ring (bicyclic) bond motifs is 1. The molecule has 0 spiro atoms. The average molecular weight is 271 g/mol. The summed E-state index contributed by atoms with van der Waals surface area (Å²) in [5, 5.41) is 1.07. The third-order valence-electron chi connectivity index (χ3n) is 3.46. The molecule has 3 rings (SSSR count). The van der Waals surface area contributed by atoms with Crippen molar-refractivity contribution in [2.24, 2.45) is 0 Å². The van der Waals surface area contributed by atoms with Crippen LogP contribution in [0.4, 0.5) is 5.69 Å². The van der Waals surface area contributed by atoms with Crippen LogP contribution in [0.15, 0.2) is 40.5 Å². The van der Waals surface area contributed by atoms with Gasteiger partial charge in [0.15, 0.2) is 0 Å². The zero-order valence-corrected chi connectivity index (χ0v) is 11.6. The molecule has 1 aromatic carbocycles. The number of nitrogens with two attached hydrogens (primary N) is 1. The number of aryl methyl sites for hydroxylation is 1. The summed E-state index contributed by atoms with van der Waals surface area (Å²) >= 11 is 1.66. The van der Waals surface area contributed by atoms with Crippen molar-refractivity contribution in [2.75, 3.05) is 5.73 Å². The molecule has 0 unspecified atom stereocenters. The molecular formula is C15H17N3S. The van der Waals surface area contributed by atoms with Crippen LogP contribution < -0.4 is 5.73 Å². The Morgan fingerprint density at radius 2 is 1.84 bits per heavy atom. The van der Waals surface area contributed by atoms with E-state index >= 15 is 0 Å². The van der Waals surface area contributed by atoms with Crippen LogP contribution in [0.3, 0.4) is 0 Å². The molecule has 0 amide bonds. The maximum absolute atomic E-state index is 6.01. The number of para-hydroxylation sites is 1. The van der Waals surface area contributed by atoms with Gasteiger partial charge in [-0.1, -0.05) is 30.3 Å². The molecule has 0 aliphatic heterocycles. The largest absolute Gasteiger partial charge is 0.398 e. The van der Waals surface area contributed by atoms with E-state index in [1.54, 1.807) is 18.1 Å². The van der Waals surface area contributed by atoms with E-state index in [4.69, 9.17) is 5.73 Å². The zero-order valence-electron chi connectivity index (χ0n) is 10.8. The lowest BCUT2D eigenvalue weighted by atomic mass is 10.1. The van der Waals surface area contributed by atoms with Crippen molar-refractivity contribution >= 4 is 17.4 Å². The molecular weight excluding hydrogens is 254 g/mol. The van der Waals surface area contributed by atoms with Crippen LogP contribution in [-0.4, -0.2) is 9.97 Å². The van der Waals surface area contributed by atoms with Gasteiger partial charge in [0.1, 0.15) is 11.4 Å². The lowest BCUT2D eigenvalue weighted by Gasteiger charge is -2.10. The molecule has 2 N–H and O–H groups in total. The third kappa shape index (κ3) is 2.73. The number of hydrogen-bond acceptors (Lipinski definition) is 4. The van der Waals surface area contributed by atoms with E-state index in [-0.39, 0.29) is 0 Å². The van der Waals surface area contributed by atoms with Gasteiger partial charge in [0, 0.05) is 21.8 Å². The molecule has 0 fully saturated rings. The number of aromatic nitrogens is 2. The summed E-state index contributed by atoms with van der Waals surface area (Å²) in [7, 11) is 0. The summed E-state index contributed by atoms with van der Waals surface area (Å²) in [6.07, 6.45) is 7.61. The Kier molecular flexibility index (Phi) is 3.69. The van der Waals surface area contributed by atoms with Crippen LogP contribution in [0.1, 0.15) is 30.5 Å². The summed E-state index contributed by atoms with van der Waals surface area (Å²) in [5.74, 6) is 0. The second-order valence-electron chi connectivity index (χ2n) is 4.80. The first-order valence-corrected chi connectivity index (χ1v) is 7.51. The highest BCUT2D eigenvalue weighted by Crippen LogP contribution is 2.34. The molecule has 1 aliphatic carbocycles. The van der Waals surface area contributed by atoms with Crippen LogP contribution in [0.5, 0.6) is 0 Å². The summed E-state index contributed by atoms with van der Waals surface area (Å²) < 4.78 is 0. The van der Waals surface area contributed by atoms with Gasteiger partial charge >= 0.3 is 0 Å². The van der Waals surface area contributed by atoms with Gasteiger partial charge in [0.25, 0.3) is 0 Å². The van der Waals surface area contributed by atoms with Gasteiger partial charge in [0.2, 0.25) is 0 Å². The molecule has 1 heterocycles. The van der Waals surface area contributed by atoms with Crippen molar-refractivity contribution in [1.82, 2.24) is 9.97 Å². The monoisotopic (exact) mass is 271 g/mol. The highest BCUT2D eigenvalue weighted by atomic mass is 32.2. The molecule has 4 heteroatoms. The Labute approximate surface area is 117 Å². The minimum absolute atomic E-state index is 0.813. The SMILES string of the molecule is Nc1ccccc1Sc1ncnc2c1CCCCC2.